The van der Waals surface area contributed by atoms with Crippen LogP contribution in [0.1, 0.15) is 56.9 Å². The van der Waals surface area contributed by atoms with Gasteiger partial charge in [-0.1, -0.05) is 30.7 Å². The van der Waals surface area contributed by atoms with Crippen LogP contribution >= 0.6 is 0 Å². The van der Waals surface area contributed by atoms with Gasteiger partial charge in [0.25, 0.3) is 17.4 Å². The average molecular weight is 571 g/mol. The van der Waals surface area contributed by atoms with Gasteiger partial charge in [-0.3, -0.25) is 24.3 Å². The van der Waals surface area contributed by atoms with Gasteiger partial charge in [0.15, 0.2) is 0 Å². The molecule has 0 unspecified atom stereocenters. The number of carbonyl (C=O) groups excluding carboxylic acids is 2. The summed E-state index contributed by atoms with van der Waals surface area (Å²) in [4.78, 5) is 45.7. The normalized spacial score (nSPS) is 13.8. The van der Waals surface area contributed by atoms with Crippen molar-refractivity contribution < 1.29 is 14.0 Å². The van der Waals surface area contributed by atoms with E-state index in [1.807, 2.05) is 19.1 Å². The number of aromatic amines is 1. The smallest absolute Gasteiger partial charge is 0.272 e. The average Bonchev–Trinajstić information content (AvgIpc) is 3.01. The summed E-state index contributed by atoms with van der Waals surface area (Å²) in [6.07, 6.45) is 4.89. The van der Waals surface area contributed by atoms with Gasteiger partial charge >= 0.3 is 0 Å². The van der Waals surface area contributed by atoms with Crippen molar-refractivity contribution in [2.75, 3.05) is 39.3 Å². The largest absolute Gasteiger partial charge is 0.352 e. The molecule has 3 heterocycles. The predicted octanol–water partition coefficient (Wildman–Crippen LogP) is 3.71. The highest BCUT2D eigenvalue weighted by Gasteiger charge is 2.24. The second-order valence-corrected chi connectivity index (χ2v) is 10.7. The molecule has 4 aromatic rings. The van der Waals surface area contributed by atoms with E-state index in [2.05, 4.69) is 25.4 Å². The molecule has 2 amide bonds. The van der Waals surface area contributed by atoms with Gasteiger partial charge in [-0.15, -0.1) is 0 Å². The second-order valence-electron chi connectivity index (χ2n) is 10.7. The lowest BCUT2D eigenvalue weighted by atomic mass is 10.0. The Hall–Kier alpha value is -4.44. The van der Waals surface area contributed by atoms with Crippen LogP contribution < -0.4 is 10.9 Å². The maximum absolute atomic E-state index is 14.8. The predicted molar refractivity (Wildman–Crippen MR) is 159 cm³/mol. The number of carbonyl (C=O) groups is 2. The molecule has 218 valence electrons. The minimum absolute atomic E-state index is 0.0543. The molecule has 0 spiro atoms. The van der Waals surface area contributed by atoms with Gasteiger partial charge in [0.2, 0.25) is 0 Å². The molecule has 1 aliphatic heterocycles. The van der Waals surface area contributed by atoms with Crippen LogP contribution in [0.3, 0.4) is 0 Å². The molecule has 0 atom stereocenters. The Morgan fingerprint density at radius 1 is 0.976 bits per heavy atom. The van der Waals surface area contributed by atoms with Gasteiger partial charge in [0, 0.05) is 62.0 Å². The molecule has 0 aliphatic carbocycles. The van der Waals surface area contributed by atoms with Gasteiger partial charge in [0.05, 0.1) is 16.6 Å². The number of pyridine rings is 1. The number of hydrogen-bond acceptors (Lipinski definition) is 6. The van der Waals surface area contributed by atoms with Crippen molar-refractivity contribution in [1.29, 1.82) is 0 Å². The third kappa shape index (κ3) is 7.06. The lowest BCUT2D eigenvalue weighted by Crippen LogP contribution is -2.49. The Bertz CT molecular complexity index is 1630. The molecule has 9 nitrogen and oxygen atoms in total. The minimum Gasteiger partial charge on any atom is -0.352 e. The van der Waals surface area contributed by atoms with E-state index in [0.717, 1.165) is 55.5 Å². The maximum Gasteiger partial charge on any atom is 0.272 e. The summed E-state index contributed by atoms with van der Waals surface area (Å²) >= 11 is 0. The van der Waals surface area contributed by atoms with Crippen molar-refractivity contribution in [2.24, 2.45) is 0 Å². The fourth-order valence-corrected chi connectivity index (χ4v) is 5.32. The summed E-state index contributed by atoms with van der Waals surface area (Å²) in [7, 11) is 0. The molecule has 5 rings (SSSR count). The van der Waals surface area contributed by atoms with E-state index in [-0.39, 0.29) is 22.9 Å². The fourth-order valence-electron chi connectivity index (χ4n) is 5.32. The molecular formula is C32H35FN6O3. The Morgan fingerprint density at radius 3 is 2.55 bits per heavy atom. The molecule has 1 saturated heterocycles. The van der Waals surface area contributed by atoms with Crippen LogP contribution in [0.5, 0.6) is 0 Å². The number of amides is 2. The Balaban J connectivity index is 1.08. The Kier molecular flexibility index (Phi) is 9.33. The van der Waals surface area contributed by atoms with E-state index in [4.69, 9.17) is 0 Å². The summed E-state index contributed by atoms with van der Waals surface area (Å²) in [5.41, 5.74) is 2.64. The van der Waals surface area contributed by atoms with Crippen LogP contribution in [0, 0.1) is 12.7 Å². The molecule has 42 heavy (non-hydrogen) atoms. The van der Waals surface area contributed by atoms with Crippen LogP contribution in [0.4, 0.5) is 4.39 Å². The van der Waals surface area contributed by atoms with Crippen molar-refractivity contribution in [3.63, 3.8) is 0 Å². The molecular weight excluding hydrogens is 535 g/mol. The first-order valence-electron chi connectivity index (χ1n) is 14.4. The van der Waals surface area contributed by atoms with Crippen molar-refractivity contribution in [2.45, 2.75) is 32.6 Å². The zero-order valence-electron chi connectivity index (χ0n) is 23.7. The SMILES string of the molecule is Cc1cc(C(=O)NCCCCCN2CCN(C(=O)c3cc(Cc4n[nH]c(=O)c5ccccc45)ccc3F)CC2)ccn1. The second kappa shape index (κ2) is 13.5. The molecule has 0 saturated carbocycles. The number of aromatic nitrogens is 3. The lowest BCUT2D eigenvalue weighted by molar-refractivity contribution is 0.0630. The number of aryl methyl sites for hydroxylation is 1. The van der Waals surface area contributed by atoms with Crippen molar-refractivity contribution in [3.8, 4) is 0 Å². The van der Waals surface area contributed by atoms with Crippen LogP contribution in [0.2, 0.25) is 0 Å². The van der Waals surface area contributed by atoms with E-state index in [1.54, 1.807) is 47.5 Å². The zero-order valence-corrected chi connectivity index (χ0v) is 23.7. The standard InChI is InChI=1S/C32H35FN6O3/c1-22-19-24(11-13-34-22)30(40)35-12-5-2-6-14-38-15-17-39(18-16-38)32(42)27-20-23(9-10-28(27)33)21-29-25-7-3-4-8-26(25)31(41)37-36-29/h3-4,7-11,13,19-20H,2,5-6,12,14-18,21H2,1H3,(H,35,40)(H,37,41). The van der Waals surface area contributed by atoms with Crippen LogP contribution in [0.25, 0.3) is 10.8 Å². The molecule has 1 aliphatic rings. The quantitative estimate of drug-likeness (QED) is 0.281. The fraction of sp³-hybridized carbons (Fsp3) is 0.344. The van der Waals surface area contributed by atoms with Crippen molar-refractivity contribution in [3.05, 3.63) is 105 Å². The highest BCUT2D eigenvalue weighted by Crippen LogP contribution is 2.20. The summed E-state index contributed by atoms with van der Waals surface area (Å²) < 4.78 is 14.8. The first kappa shape index (κ1) is 29.1. The van der Waals surface area contributed by atoms with E-state index < -0.39 is 5.82 Å². The summed E-state index contributed by atoms with van der Waals surface area (Å²) in [6, 6.07) is 15.3. The van der Waals surface area contributed by atoms with Gasteiger partial charge in [-0.2, -0.15) is 5.10 Å². The number of halogens is 1. The van der Waals surface area contributed by atoms with Crippen molar-refractivity contribution in [1.82, 2.24) is 30.3 Å². The highest BCUT2D eigenvalue weighted by molar-refractivity contribution is 5.95. The van der Waals surface area contributed by atoms with E-state index >= 15 is 0 Å². The molecule has 10 heteroatoms. The number of rotatable bonds is 10. The molecule has 2 aromatic carbocycles. The van der Waals surface area contributed by atoms with Gasteiger partial charge < -0.3 is 10.2 Å². The van der Waals surface area contributed by atoms with Crippen molar-refractivity contribution >= 4 is 22.6 Å². The van der Waals surface area contributed by atoms with E-state index in [9.17, 15) is 18.8 Å². The summed E-state index contributed by atoms with van der Waals surface area (Å²) in [5.74, 6) is -0.935. The zero-order chi connectivity index (χ0) is 29.5. The summed E-state index contributed by atoms with van der Waals surface area (Å²) in [5, 5.41) is 11.0. The molecule has 1 fully saturated rings. The Labute approximate surface area is 243 Å². The highest BCUT2D eigenvalue weighted by atomic mass is 19.1. The first-order valence-corrected chi connectivity index (χ1v) is 14.4. The van der Waals surface area contributed by atoms with Crippen LogP contribution in [-0.4, -0.2) is 76.1 Å². The number of fused-ring (bicyclic) bond motifs is 1. The Morgan fingerprint density at radius 2 is 1.76 bits per heavy atom. The monoisotopic (exact) mass is 570 g/mol. The number of benzene rings is 2. The van der Waals surface area contributed by atoms with Crippen LogP contribution in [-0.2, 0) is 6.42 Å². The van der Waals surface area contributed by atoms with Gasteiger partial charge in [-0.05, 0) is 62.2 Å². The lowest BCUT2D eigenvalue weighted by Gasteiger charge is -2.35. The minimum atomic E-state index is -0.545. The molecule has 0 bridgehead atoms. The molecule has 2 N–H and O–H groups in total. The van der Waals surface area contributed by atoms with Gasteiger partial charge in [-0.25, -0.2) is 9.49 Å². The summed E-state index contributed by atoms with van der Waals surface area (Å²) in [6.45, 7) is 5.95. The maximum atomic E-state index is 14.8. The number of piperazine rings is 1. The molecule has 0 radical (unpaired) electrons. The number of hydrogen-bond donors (Lipinski definition) is 2. The third-order valence-corrected chi connectivity index (χ3v) is 7.66. The van der Waals surface area contributed by atoms with Crippen LogP contribution in [0.15, 0.2) is 65.6 Å². The molecule has 2 aromatic heterocycles. The third-order valence-electron chi connectivity index (χ3n) is 7.66. The number of nitrogens with one attached hydrogen (secondary N) is 2. The number of unbranched alkanes of at least 4 members (excludes halogenated alkanes) is 2. The number of nitrogens with zero attached hydrogens (tertiary/aromatic N) is 4. The van der Waals surface area contributed by atoms with Gasteiger partial charge in [0.1, 0.15) is 5.82 Å². The van der Waals surface area contributed by atoms with E-state index in [1.165, 1.54) is 6.07 Å². The number of H-pyrrole nitrogens is 1. The van der Waals surface area contributed by atoms with E-state index in [0.29, 0.717) is 42.7 Å². The topological polar surface area (TPSA) is 111 Å². The first-order chi connectivity index (χ1) is 20.4.